The van der Waals surface area contributed by atoms with E-state index in [4.69, 9.17) is 9.26 Å². The van der Waals surface area contributed by atoms with E-state index in [1.54, 1.807) is 25.3 Å². The average molecular weight is 317 g/mol. The van der Waals surface area contributed by atoms with E-state index >= 15 is 0 Å². The van der Waals surface area contributed by atoms with Crippen LogP contribution in [0, 0.1) is 13.8 Å². The quantitative estimate of drug-likeness (QED) is 0.870. The van der Waals surface area contributed by atoms with Crippen molar-refractivity contribution in [2.45, 2.75) is 32.4 Å². The number of anilines is 1. The number of amides is 1. The molecule has 1 aliphatic rings. The molecule has 2 atom stereocenters. The number of aryl methyl sites for hydroxylation is 2. The maximum atomic E-state index is 12.2. The minimum atomic E-state index is -0.275. The number of hydrogen-bond donors (Lipinski definition) is 2. The lowest BCUT2D eigenvalue weighted by Gasteiger charge is -2.32. The molecule has 1 fully saturated rings. The molecule has 0 aromatic carbocycles. The molecule has 3 rings (SSSR count). The second-order valence-electron chi connectivity index (χ2n) is 5.52. The first-order chi connectivity index (χ1) is 11.1. The van der Waals surface area contributed by atoms with Crippen molar-refractivity contribution in [3.8, 4) is 0 Å². The zero-order valence-corrected chi connectivity index (χ0v) is 13.1. The largest absolute Gasteiger partial charge is 0.379 e. The molecule has 23 heavy (non-hydrogen) atoms. The van der Waals surface area contributed by atoms with Crippen LogP contribution in [0.15, 0.2) is 22.9 Å². The van der Waals surface area contributed by atoms with Crippen LogP contribution in [0.4, 0.5) is 5.82 Å². The van der Waals surface area contributed by atoms with E-state index in [9.17, 15) is 4.79 Å². The van der Waals surface area contributed by atoms with Gasteiger partial charge in [-0.25, -0.2) is 9.97 Å². The highest BCUT2D eigenvalue weighted by atomic mass is 16.5. The summed E-state index contributed by atoms with van der Waals surface area (Å²) in [5, 5.41) is 10.0. The van der Waals surface area contributed by atoms with Gasteiger partial charge in [-0.3, -0.25) is 4.79 Å². The summed E-state index contributed by atoms with van der Waals surface area (Å²) >= 11 is 0. The summed E-state index contributed by atoms with van der Waals surface area (Å²) in [6.45, 7) is 4.69. The van der Waals surface area contributed by atoms with Crippen LogP contribution in [0.5, 0.6) is 0 Å². The normalized spacial score (nSPS) is 21.0. The van der Waals surface area contributed by atoms with Crippen LogP contribution in [-0.4, -0.2) is 46.3 Å². The number of rotatable bonds is 4. The number of nitrogens with zero attached hydrogens (tertiary/aromatic N) is 3. The summed E-state index contributed by atoms with van der Waals surface area (Å²) in [4.78, 5) is 20.6. The molecule has 0 bridgehead atoms. The van der Waals surface area contributed by atoms with Gasteiger partial charge in [0.05, 0.1) is 24.4 Å². The monoisotopic (exact) mass is 317 g/mol. The van der Waals surface area contributed by atoms with Crippen LogP contribution in [0.1, 0.15) is 28.5 Å². The van der Waals surface area contributed by atoms with E-state index in [-0.39, 0.29) is 23.8 Å². The molecule has 0 unspecified atom stereocenters. The number of carbonyl (C=O) groups excluding carboxylic acids is 1. The van der Waals surface area contributed by atoms with Crippen molar-refractivity contribution in [1.82, 2.24) is 20.4 Å². The molecule has 0 radical (unpaired) electrons. The Labute approximate surface area is 133 Å². The number of carbonyl (C=O) groups is 1. The van der Waals surface area contributed by atoms with Gasteiger partial charge in [-0.15, -0.1) is 0 Å². The van der Waals surface area contributed by atoms with E-state index in [0.29, 0.717) is 37.0 Å². The number of nitrogens with one attached hydrogen (secondary N) is 2. The van der Waals surface area contributed by atoms with Crippen LogP contribution in [0.25, 0.3) is 0 Å². The number of hydrogen-bond acceptors (Lipinski definition) is 7. The summed E-state index contributed by atoms with van der Waals surface area (Å²) in [7, 11) is 0. The zero-order chi connectivity index (χ0) is 16.2. The minimum Gasteiger partial charge on any atom is -0.379 e. The molecule has 2 aromatic heterocycles. The molecular weight excluding hydrogens is 298 g/mol. The lowest BCUT2D eigenvalue weighted by molar-refractivity contribution is 0.0606. The first kappa shape index (κ1) is 15.4. The summed E-state index contributed by atoms with van der Waals surface area (Å²) in [5.41, 5.74) is 0.674. The Kier molecular flexibility index (Phi) is 4.52. The van der Waals surface area contributed by atoms with Crippen LogP contribution in [-0.2, 0) is 4.74 Å². The molecule has 3 heterocycles. The van der Waals surface area contributed by atoms with Crippen LogP contribution < -0.4 is 10.6 Å². The van der Waals surface area contributed by atoms with E-state index in [1.165, 1.54) is 0 Å². The molecule has 8 nitrogen and oxygen atoms in total. The highest BCUT2D eigenvalue weighted by molar-refractivity contribution is 5.91. The van der Waals surface area contributed by atoms with Gasteiger partial charge in [0.2, 0.25) is 5.76 Å². The smallest absolute Gasteiger partial charge is 0.290 e. The first-order valence-corrected chi connectivity index (χ1v) is 7.50. The third-order valence-electron chi connectivity index (χ3n) is 3.63. The topological polar surface area (TPSA) is 102 Å². The Morgan fingerprint density at radius 2 is 2.22 bits per heavy atom. The fraction of sp³-hybridized carbons (Fsp3) is 0.467. The summed E-state index contributed by atoms with van der Waals surface area (Å²) in [5.74, 6) is 1.33. The third-order valence-corrected chi connectivity index (χ3v) is 3.63. The van der Waals surface area contributed by atoms with Crippen molar-refractivity contribution in [3.05, 3.63) is 35.6 Å². The Morgan fingerprint density at radius 3 is 2.96 bits per heavy atom. The molecule has 2 N–H and O–H groups in total. The number of aromatic nitrogens is 3. The van der Waals surface area contributed by atoms with Crippen LogP contribution >= 0.6 is 0 Å². The second-order valence-corrected chi connectivity index (χ2v) is 5.52. The van der Waals surface area contributed by atoms with E-state index in [0.717, 1.165) is 0 Å². The summed E-state index contributed by atoms with van der Waals surface area (Å²) in [6, 6.07) is 3.24. The van der Waals surface area contributed by atoms with Crippen molar-refractivity contribution in [1.29, 1.82) is 0 Å². The highest BCUT2D eigenvalue weighted by Crippen LogP contribution is 2.14. The van der Waals surface area contributed by atoms with Gasteiger partial charge in [-0.2, -0.15) is 0 Å². The molecule has 0 aliphatic carbocycles. The molecular formula is C15H19N5O3. The lowest BCUT2D eigenvalue weighted by Crippen LogP contribution is -2.52. The Hall–Kier alpha value is -2.48. The fourth-order valence-corrected chi connectivity index (χ4v) is 2.49. The highest BCUT2D eigenvalue weighted by Gasteiger charge is 2.28. The van der Waals surface area contributed by atoms with Crippen molar-refractivity contribution < 1.29 is 14.1 Å². The van der Waals surface area contributed by atoms with Gasteiger partial charge in [0.25, 0.3) is 5.91 Å². The molecule has 2 aromatic rings. The van der Waals surface area contributed by atoms with Gasteiger partial charge in [-0.1, -0.05) is 5.16 Å². The standard InChI is InChI=1S/C15H19N5O3/c1-9-7-13(23-20-9)15(21)19-11-4-6-22-8-12(11)18-14-3-5-16-10(2)17-14/h3,5,7,11-12H,4,6,8H2,1-2H3,(H,19,21)(H,16,17,18)/t11-,12+/m0/s1. The third kappa shape index (κ3) is 3.84. The predicted molar refractivity (Wildman–Crippen MR) is 82.1 cm³/mol. The van der Waals surface area contributed by atoms with Crippen molar-refractivity contribution in [3.63, 3.8) is 0 Å². The van der Waals surface area contributed by atoms with Gasteiger partial charge >= 0.3 is 0 Å². The van der Waals surface area contributed by atoms with Gasteiger partial charge in [0.1, 0.15) is 11.6 Å². The van der Waals surface area contributed by atoms with E-state index in [1.807, 2.05) is 6.92 Å². The van der Waals surface area contributed by atoms with Gasteiger partial charge in [0.15, 0.2) is 0 Å². The van der Waals surface area contributed by atoms with E-state index in [2.05, 4.69) is 25.8 Å². The molecule has 122 valence electrons. The minimum absolute atomic E-state index is 0.0778. The van der Waals surface area contributed by atoms with Gasteiger partial charge < -0.3 is 19.9 Å². The fourth-order valence-electron chi connectivity index (χ4n) is 2.49. The Balaban J connectivity index is 1.67. The lowest BCUT2D eigenvalue weighted by atomic mass is 10.0. The second kappa shape index (κ2) is 6.74. The molecule has 8 heteroatoms. The van der Waals surface area contributed by atoms with Crippen LogP contribution in [0.3, 0.4) is 0 Å². The maximum Gasteiger partial charge on any atom is 0.290 e. The zero-order valence-electron chi connectivity index (χ0n) is 13.1. The molecule has 1 saturated heterocycles. The van der Waals surface area contributed by atoms with Gasteiger partial charge in [-0.05, 0) is 26.3 Å². The molecule has 1 aliphatic heterocycles. The van der Waals surface area contributed by atoms with Crippen molar-refractivity contribution >= 4 is 11.7 Å². The SMILES string of the molecule is Cc1cc(C(=O)N[C@H]2CCOC[C@H]2Nc2ccnc(C)n2)on1. The Morgan fingerprint density at radius 1 is 1.35 bits per heavy atom. The average Bonchev–Trinajstić information content (AvgIpc) is 2.96. The maximum absolute atomic E-state index is 12.2. The predicted octanol–water partition coefficient (Wildman–Crippen LogP) is 1.08. The first-order valence-electron chi connectivity index (χ1n) is 7.50. The summed E-state index contributed by atoms with van der Waals surface area (Å²) in [6.07, 6.45) is 2.40. The van der Waals surface area contributed by atoms with E-state index < -0.39 is 0 Å². The number of ether oxygens (including phenoxy) is 1. The molecule has 0 spiro atoms. The van der Waals surface area contributed by atoms with Crippen molar-refractivity contribution in [2.24, 2.45) is 0 Å². The Bertz CT molecular complexity index is 687. The summed E-state index contributed by atoms with van der Waals surface area (Å²) < 4.78 is 10.5. The molecule has 0 saturated carbocycles. The molecule has 1 amide bonds. The van der Waals surface area contributed by atoms with Crippen molar-refractivity contribution in [2.75, 3.05) is 18.5 Å². The van der Waals surface area contributed by atoms with Gasteiger partial charge in [0, 0.05) is 18.9 Å². The van der Waals surface area contributed by atoms with Crippen LogP contribution in [0.2, 0.25) is 0 Å².